The van der Waals surface area contributed by atoms with Crippen LogP contribution in [-0.4, -0.2) is 38.9 Å². The molecule has 2 amide bonds. The number of halogens is 1. The molecule has 0 saturated heterocycles. The average molecular weight is 506 g/mol. The first-order valence-corrected chi connectivity index (χ1v) is 11.0. The first-order valence-electron chi connectivity index (χ1n) is 10.2. The van der Waals surface area contributed by atoms with Crippen molar-refractivity contribution in [2.75, 3.05) is 26.1 Å². The number of amides is 2. The maximum absolute atomic E-state index is 12.0. The molecule has 2 aromatic carbocycles. The van der Waals surface area contributed by atoms with Gasteiger partial charge in [-0.15, -0.1) is 0 Å². The number of carbonyl (C=O) groups is 2. The highest BCUT2D eigenvalue weighted by molar-refractivity contribution is 9.10. The van der Waals surface area contributed by atoms with Crippen molar-refractivity contribution in [3.05, 3.63) is 46.4 Å². The number of rotatable bonds is 12. The first kappa shape index (κ1) is 25.2. The summed E-state index contributed by atoms with van der Waals surface area (Å²) in [6.07, 6.45) is 3.53. The number of nitrogens with zero attached hydrogens (tertiary/aromatic N) is 1. The molecule has 0 aliphatic rings. The number of benzene rings is 2. The molecule has 172 valence electrons. The van der Waals surface area contributed by atoms with Crippen LogP contribution in [-0.2, 0) is 9.59 Å². The van der Waals surface area contributed by atoms with E-state index in [4.69, 9.17) is 14.2 Å². The Bertz CT molecular complexity index is 932. The quantitative estimate of drug-likeness (QED) is 0.251. The van der Waals surface area contributed by atoms with Crippen molar-refractivity contribution in [2.24, 2.45) is 5.10 Å². The van der Waals surface area contributed by atoms with Crippen molar-refractivity contribution in [2.45, 2.75) is 32.6 Å². The highest BCUT2D eigenvalue weighted by Crippen LogP contribution is 2.36. The fourth-order valence-corrected chi connectivity index (χ4v) is 3.21. The molecule has 0 saturated carbocycles. The Morgan fingerprint density at radius 3 is 2.44 bits per heavy atom. The van der Waals surface area contributed by atoms with Gasteiger partial charge in [-0.3, -0.25) is 9.59 Å². The molecule has 0 aromatic heterocycles. The molecule has 0 radical (unpaired) electrons. The van der Waals surface area contributed by atoms with Gasteiger partial charge in [0, 0.05) is 18.5 Å². The van der Waals surface area contributed by atoms with Crippen molar-refractivity contribution in [3.63, 3.8) is 0 Å². The molecule has 8 nitrogen and oxygen atoms in total. The molecular formula is C23H28BrN3O5. The fourth-order valence-electron chi connectivity index (χ4n) is 2.63. The Hall–Kier alpha value is -3.07. The fraction of sp³-hybridized carbons (Fsp3) is 0.348. The molecule has 32 heavy (non-hydrogen) atoms. The molecule has 0 fully saturated rings. The van der Waals surface area contributed by atoms with Crippen LogP contribution in [0.15, 0.2) is 46.0 Å². The summed E-state index contributed by atoms with van der Waals surface area (Å²) in [4.78, 5) is 24.0. The number of nitrogens with one attached hydrogen (secondary N) is 2. The molecule has 0 aliphatic carbocycles. The Kier molecular flexibility index (Phi) is 10.5. The highest BCUT2D eigenvalue weighted by Gasteiger charge is 2.11. The van der Waals surface area contributed by atoms with E-state index in [1.54, 1.807) is 44.6 Å². The van der Waals surface area contributed by atoms with Crippen LogP contribution in [0.1, 0.15) is 38.2 Å². The van der Waals surface area contributed by atoms with E-state index in [2.05, 4.69) is 38.7 Å². The van der Waals surface area contributed by atoms with Gasteiger partial charge in [-0.25, -0.2) is 5.43 Å². The average Bonchev–Trinajstić information content (AvgIpc) is 2.79. The summed E-state index contributed by atoms with van der Waals surface area (Å²) in [5.41, 5.74) is 3.78. The van der Waals surface area contributed by atoms with Gasteiger partial charge < -0.3 is 19.5 Å². The lowest BCUT2D eigenvalue weighted by Crippen LogP contribution is -2.20. The number of methoxy groups -OCH3 is 2. The van der Waals surface area contributed by atoms with E-state index >= 15 is 0 Å². The van der Waals surface area contributed by atoms with Crippen LogP contribution < -0.4 is 25.0 Å². The summed E-state index contributed by atoms with van der Waals surface area (Å²) in [7, 11) is 3.14. The molecular weight excluding hydrogens is 478 g/mol. The molecule has 2 rings (SSSR count). The number of anilines is 1. The lowest BCUT2D eigenvalue weighted by atomic mass is 10.2. The second-order valence-corrected chi connectivity index (χ2v) is 7.66. The van der Waals surface area contributed by atoms with Crippen LogP contribution in [0.4, 0.5) is 5.69 Å². The van der Waals surface area contributed by atoms with Crippen LogP contribution >= 0.6 is 15.9 Å². The molecule has 0 heterocycles. The zero-order valence-corrected chi connectivity index (χ0v) is 20.0. The summed E-state index contributed by atoms with van der Waals surface area (Å²) in [5.74, 6) is 1.27. The molecule has 2 aromatic rings. The minimum absolute atomic E-state index is 0.0105. The maximum Gasteiger partial charge on any atom is 0.240 e. The Labute approximate surface area is 196 Å². The Morgan fingerprint density at radius 1 is 1.06 bits per heavy atom. The molecule has 0 atom stereocenters. The van der Waals surface area contributed by atoms with Gasteiger partial charge in [-0.1, -0.05) is 13.3 Å². The van der Waals surface area contributed by atoms with Gasteiger partial charge in [0.2, 0.25) is 11.8 Å². The minimum Gasteiger partial charge on any atom is -0.497 e. The molecule has 0 spiro atoms. The number of ether oxygens (including phenoxy) is 3. The van der Waals surface area contributed by atoms with Crippen molar-refractivity contribution >= 4 is 39.6 Å². The normalized spacial score (nSPS) is 10.6. The van der Waals surface area contributed by atoms with E-state index in [0.29, 0.717) is 35.1 Å². The van der Waals surface area contributed by atoms with Crippen molar-refractivity contribution in [3.8, 4) is 17.2 Å². The summed E-state index contributed by atoms with van der Waals surface area (Å²) < 4.78 is 17.0. The van der Waals surface area contributed by atoms with E-state index < -0.39 is 0 Å². The zero-order chi connectivity index (χ0) is 23.3. The number of hydrogen-bond acceptors (Lipinski definition) is 6. The van der Waals surface area contributed by atoms with E-state index in [9.17, 15) is 9.59 Å². The predicted octanol–water partition coefficient (Wildman–Crippen LogP) is 4.51. The second-order valence-electron chi connectivity index (χ2n) is 6.81. The van der Waals surface area contributed by atoms with Crippen LogP contribution in [0.5, 0.6) is 17.2 Å². The smallest absolute Gasteiger partial charge is 0.240 e. The van der Waals surface area contributed by atoms with Gasteiger partial charge in [-0.2, -0.15) is 5.10 Å². The number of hydrogen-bond donors (Lipinski definition) is 2. The lowest BCUT2D eigenvalue weighted by molar-refractivity contribution is -0.124. The van der Waals surface area contributed by atoms with Crippen LogP contribution in [0.25, 0.3) is 0 Å². The van der Waals surface area contributed by atoms with Gasteiger partial charge in [0.25, 0.3) is 0 Å². The van der Waals surface area contributed by atoms with Crippen LogP contribution in [0.3, 0.4) is 0 Å². The van der Waals surface area contributed by atoms with Crippen molar-refractivity contribution in [1.82, 2.24) is 5.43 Å². The summed E-state index contributed by atoms with van der Waals surface area (Å²) in [6, 6.07) is 10.5. The predicted molar refractivity (Wildman–Crippen MR) is 128 cm³/mol. The molecule has 2 N–H and O–H groups in total. The third-order valence-corrected chi connectivity index (χ3v) is 4.94. The van der Waals surface area contributed by atoms with E-state index in [1.807, 2.05) is 6.07 Å². The molecule has 9 heteroatoms. The summed E-state index contributed by atoms with van der Waals surface area (Å²) in [5, 5.41) is 6.69. The van der Waals surface area contributed by atoms with Crippen molar-refractivity contribution in [1.29, 1.82) is 0 Å². The third-order valence-electron chi connectivity index (χ3n) is 4.35. The SMILES string of the molecule is CCCCOc1c(Br)cc(C=NNC(=O)CCC(=O)Nc2ccc(OC)cc2)cc1OC. The molecule has 0 aliphatic heterocycles. The first-order chi connectivity index (χ1) is 15.5. The summed E-state index contributed by atoms with van der Waals surface area (Å²) >= 11 is 3.48. The third kappa shape index (κ3) is 8.22. The number of carbonyl (C=O) groups excluding carboxylic acids is 2. The zero-order valence-electron chi connectivity index (χ0n) is 18.4. The summed E-state index contributed by atoms with van der Waals surface area (Å²) in [6.45, 7) is 2.69. The topological polar surface area (TPSA) is 98.2 Å². The van der Waals surface area contributed by atoms with Gasteiger partial charge in [-0.05, 0) is 64.3 Å². The van der Waals surface area contributed by atoms with Crippen molar-refractivity contribution < 1.29 is 23.8 Å². The van der Waals surface area contributed by atoms with E-state index in [-0.39, 0.29) is 24.7 Å². The highest BCUT2D eigenvalue weighted by atomic mass is 79.9. The van der Waals surface area contributed by atoms with Gasteiger partial charge in [0.1, 0.15) is 5.75 Å². The second kappa shape index (κ2) is 13.4. The standard InChI is InChI=1S/C23H28BrN3O5/c1-4-5-12-32-23-19(24)13-16(14-20(23)31-3)15-25-27-22(29)11-10-21(28)26-17-6-8-18(30-2)9-7-17/h6-9,13-15H,4-5,10-12H2,1-3H3,(H,26,28)(H,27,29). The Morgan fingerprint density at radius 2 is 1.78 bits per heavy atom. The number of hydrazone groups is 1. The van der Waals surface area contributed by atoms with E-state index in [0.717, 1.165) is 17.3 Å². The minimum atomic E-state index is -0.364. The monoisotopic (exact) mass is 505 g/mol. The number of unbranched alkanes of at least 4 members (excludes halogenated alkanes) is 1. The van der Waals surface area contributed by atoms with Gasteiger partial charge >= 0.3 is 0 Å². The molecule has 0 bridgehead atoms. The maximum atomic E-state index is 12.0. The van der Waals surface area contributed by atoms with Gasteiger partial charge in [0.15, 0.2) is 11.5 Å². The largest absolute Gasteiger partial charge is 0.497 e. The van der Waals surface area contributed by atoms with Crippen LogP contribution in [0.2, 0.25) is 0 Å². The van der Waals surface area contributed by atoms with E-state index in [1.165, 1.54) is 6.21 Å². The van der Waals surface area contributed by atoms with Crippen LogP contribution in [0, 0.1) is 0 Å². The molecule has 0 unspecified atom stereocenters. The van der Waals surface area contributed by atoms with Gasteiger partial charge in [0.05, 0.1) is 31.5 Å². The Balaban J connectivity index is 1.83. The lowest BCUT2D eigenvalue weighted by Gasteiger charge is -2.13.